The molecule has 1 aliphatic rings. The van der Waals surface area contributed by atoms with Crippen LogP contribution in [-0.4, -0.2) is 35.1 Å². The van der Waals surface area contributed by atoms with E-state index in [-0.39, 0.29) is 6.42 Å². The van der Waals surface area contributed by atoms with Crippen molar-refractivity contribution in [3.05, 3.63) is 0 Å². The Morgan fingerprint density at radius 3 is 2.90 bits per heavy atom. The molecule has 0 bridgehead atoms. The minimum atomic E-state index is -0.693. The average molecular weight is 143 g/mol. The van der Waals surface area contributed by atoms with Crippen molar-refractivity contribution in [1.82, 2.24) is 4.90 Å². The summed E-state index contributed by atoms with van der Waals surface area (Å²) in [5, 5.41) is 8.32. The van der Waals surface area contributed by atoms with Crippen LogP contribution in [-0.2, 0) is 4.79 Å². The third kappa shape index (κ3) is 1.99. The van der Waals surface area contributed by atoms with Gasteiger partial charge in [0.2, 0.25) is 0 Å². The predicted molar refractivity (Wildman–Crippen MR) is 37.9 cm³/mol. The van der Waals surface area contributed by atoms with Crippen LogP contribution in [0.3, 0.4) is 0 Å². The molecule has 2 unspecified atom stereocenters. The largest absolute Gasteiger partial charge is 0.481 e. The summed E-state index contributed by atoms with van der Waals surface area (Å²) in [6.45, 7) is 3.96. The highest BCUT2D eigenvalue weighted by atomic mass is 16.4. The summed E-state index contributed by atoms with van der Waals surface area (Å²) in [5.41, 5.74) is 0. The number of aliphatic carboxylic acids is 1. The van der Waals surface area contributed by atoms with Gasteiger partial charge in [0.1, 0.15) is 0 Å². The van der Waals surface area contributed by atoms with Gasteiger partial charge in [-0.25, -0.2) is 0 Å². The zero-order chi connectivity index (χ0) is 7.56. The maximum absolute atomic E-state index is 10.1. The highest BCUT2D eigenvalue weighted by Gasteiger charge is 2.31. The van der Waals surface area contributed by atoms with E-state index in [0.29, 0.717) is 6.04 Å². The Labute approximate surface area is 60.6 Å². The van der Waals surface area contributed by atoms with Gasteiger partial charge >= 0.3 is 5.97 Å². The first kappa shape index (κ1) is 7.54. The predicted octanol–water partition coefficient (Wildman–Crippen LogP) is 0.555. The standard InChI is InChI=1S/C7H13NO2/c1-2-6-5-8(6)4-3-7(9)10/h6H,2-5H2,1H3,(H,9,10). The number of carboxylic acid groups (broad SMARTS) is 1. The fraction of sp³-hybridized carbons (Fsp3) is 0.857. The molecule has 3 nitrogen and oxygen atoms in total. The van der Waals surface area contributed by atoms with Gasteiger partial charge in [-0.15, -0.1) is 0 Å². The van der Waals surface area contributed by atoms with Crippen molar-refractivity contribution >= 4 is 5.97 Å². The molecule has 1 aliphatic heterocycles. The lowest BCUT2D eigenvalue weighted by Crippen LogP contribution is -2.08. The van der Waals surface area contributed by atoms with Gasteiger partial charge in [0.15, 0.2) is 0 Å². The Bertz CT molecular complexity index is 136. The second-order valence-electron chi connectivity index (χ2n) is 2.70. The van der Waals surface area contributed by atoms with E-state index in [9.17, 15) is 4.79 Å². The zero-order valence-electron chi connectivity index (χ0n) is 6.21. The van der Waals surface area contributed by atoms with E-state index >= 15 is 0 Å². The highest BCUT2D eigenvalue weighted by Crippen LogP contribution is 2.19. The third-order valence-corrected chi connectivity index (χ3v) is 1.91. The van der Waals surface area contributed by atoms with Gasteiger partial charge in [0, 0.05) is 19.1 Å². The molecule has 0 aromatic heterocycles. The minimum absolute atomic E-state index is 0.288. The van der Waals surface area contributed by atoms with Crippen LogP contribution in [0.4, 0.5) is 0 Å². The van der Waals surface area contributed by atoms with E-state index in [4.69, 9.17) is 5.11 Å². The molecule has 10 heavy (non-hydrogen) atoms. The smallest absolute Gasteiger partial charge is 0.304 e. The van der Waals surface area contributed by atoms with Crippen LogP contribution in [0.2, 0.25) is 0 Å². The fourth-order valence-electron chi connectivity index (χ4n) is 1.12. The van der Waals surface area contributed by atoms with Crippen molar-refractivity contribution in [2.45, 2.75) is 25.8 Å². The van der Waals surface area contributed by atoms with Crippen molar-refractivity contribution in [2.75, 3.05) is 13.1 Å². The number of carbonyl (C=O) groups is 1. The van der Waals surface area contributed by atoms with Crippen LogP contribution in [0.15, 0.2) is 0 Å². The number of carboxylic acids is 1. The molecule has 1 saturated heterocycles. The zero-order valence-corrected chi connectivity index (χ0v) is 6.21. The first-order chi connectivity index (χ1) is 4.74. The van der Waals surface area contributed by atoms with Gasteiger partial charge in [-0.3, -0.25) is 9.69 Å². The van der Waals surface area contributed by atoms with Crippen LogP contribution in [0.25, 0.3) is 0 Å². The van der Waals surface area contributed by atoms with Crippen LogP contribution in [0, 0.1) is 0 Å². The lowest BCUT2D eigenvalue weighted by molar-refractivity contribution is -0.137. The summed E-state index contributed by atoms with van der Waals surface area (Å²) in [7, 11) is 0. The van der Waals surface area contributed by atoms with Crippen molar-refractivity contribution in [3.63, 3.8) is 0 Å². The topological polar surface area (TPSA) is 40.3 Å². The summed E-state index contributed by atoms with van der Waals surface area (Å²) < 4.78 is 0. The molecule has 0 aromatic rings. The Hall–Kier alpha value is -0.570. The number of hydrogen-bond acceptors (Lipinski definition) is 2. The summed E-state index contributed by atoms with van der Waals surface area (Å²) in [6, 6.07) is 0.680. The van der Waals surface area contributed by atoms with Gasteiger partial charge in [-0.1, -0.05) is 6.92 Å². The Morgan fingerprint density at radius 1 is 1.80 bits per heavy atom. The SMILES string of the molecule is CCC1CN1CCC(=O)O. The summed E-state index contributed by atoms with van der Waals surface area (Å²) in [5.74, 6) is -0.693. The van der Waals surface area contributed by atoms with Crippen molar-refractivity contribution in [2.24, 2.45) is 0 Å². The molecule has 1 rings (SSSR count). The summed E-state index contributed by atoms with van der Waals surface area (Å²) >= 11 is 0. The van der Waals surface area contributed by atoms with Crippen LogP contribution in [0.1, 0.15) is 19.8 Å². The van der Waals surface area contributed by atoms with E-state index in [1.165, 1.54) is 0 Å². The number of hydrogen-bond donors (Lipinski definition) is 1. The molecule has 0 amide bonds. The van der Waals surface area contributed by atoms with Gasteiger partial charge < -0.3 is 5.11 Å². The Balaban J connectivity index is 2.01. The lowest BCUT2D eigenvalue weighted by atomic mass is 10.4. The second-order valence-corrected chi connectivity index (χ2v) is 2.70. The summed E-state index contributed by atoms with van der Waals surface area (Å²) in [4.78, 5) is 12.3. The lowest BCUT2D eigenvalue weighted by Gasteiger charge is -1.97. The maximum Gasteiger partial charge on any atom is 0.304 e. The van der Waals surface area contributed by atoms with Crippen LogP contribution in [0.5, 0.6) is 0 Å². The van der Waals surface area contributed by atoms with Gasteiger partial charge in [-0.05, 0) is 6.42 Å². The van der Waals surface area contributed by atoms with E-state index in [1.807, 2.05) is 0 Å². The fourth-order valence-corrected chi connectivity index (χ4v) is 1.12. The van der Waals surface area contributed by atoms with Crippen LogP contribution >= 0.6 is 0 Å². The molecule has 0 aromatic carbocycles. The minimum Gasteiger partial charge on any atom is -0.481 e. The molecule has 1 fully saturated rings. The monoisotopic (exact) mass is 143 g/mol. The molecular weight excluding hydrogens is 130 g/mol. The third-order valence-electron chi connectivity index (χ3n) is 1.91. The molecule has 1 N–H and O–H groups in total. The molecule has 3 heteroatoms. The Morgan fingerprint density at radius 2 is 2.50 bits per heavy atom. The van der Waals surface area contributed by atoms with E-state index < -0.39 is 5.97 Å². The molecule has 0 saturated carbocycles. The van der Waals surface area contributed by atoms with Gasteiger partial charge in [-0.2, -0.15) is 0 Å². The van der Waals surface area contributed by atoms with Crippen molar-refractivity contribution < 1.29 is 9.90 Å². The second kappa shape index (κ2) is 3.01. The molecular formula is C7H13NO2. The van der Waals surface area contributed by atoms with Gasteiger partial charge in [0.05, 0.1) is 6.42 Å². The normalized spacial score (nSPS) is 30.1. The number of nitrogens with zero attached hydrogens (tertiary/aromatic N) is 1. The Kier molecular flexibility index (Phi) is 2.27. The van der Waals surface area contributed by atoms with E-state index in [1.54, 1.807) is 0 Å². The van der Waals surface area contributed by atoms with Crippen LogP contribution < -0.4 is 0 Å². The first-order valence-electron chi connectivity index (χ1n) is 3.70. The molecule has 0 aliphatic carbocycles. The highest BCUT2D eigenvalue weighted by molar-refractivity contribution is 5.66. The number of rotatable bonds is 4. The molecule has 1 heterocycles. The molecule has 0 spiro atoms. The maximum atomic E-state index is 10.1. The first-order valence-corrected chi connectivity index (χ1v) is 3.70. The van der Waals surface area contributed by atoms with Crippen molar-refractivity contribution in [3.8, 4) is 0 Å². The van der Waals surface area contributed by atoms with E-state index in [0.717, 1.165) is 19.5 Å². The summed E-state index contributed by atoms with van der Waals surface area (Å²) in [6.07, 6.45) is 1.44. The van der Waals surface area contributed by atoms with Gasteiger partial charge in [0.25, 0.3) is 0 Å². The molecule has 58 valence electrons. The molecule has 2 atom stereocenters. The van der Waals surface area contributed by atoms with Crippen molar-refractivity contribution in [1.29, 1.82) is 0 Å². The average Bonchev–Trinajstić information content (AvgIpc) is 2.61. The van der Waals surface area contributed by atoms with E-state index in [2.05, 4.69) is 11.8 Å². The quantitative estimate of drug-likeness (QED) is 0.584. The molecule has 0 radical (unpaired) electrons.